The van der Waals surface area contributed by atoms with E-state index in [4.69, 9.17) is 11.6 Å². The molecule has 29 heavy (non-hydrogen) atoms. The van der Waals surface area contributed by atoms with Crippen LogP contribution in [0, 0.1) is 0 Å². The third kappa shape index (κ3) is 5.20. The zero-order valence-corrected chi connectivity index (χ0v) is 17.5. The summed E-state index contributed by atoms with van der Waals surface area (Å²) in [6.07, 6.45) is 9.43. The molecule has 1 saturated heterocycles. The average molecular weight is 410 g/mol. The van der Waals surface area contributed by atoms with Crippen LogP contribution in [0.15, 0.2) is 47.5 Å². The number of piperidine rings is 1. The molecular weight excluding hydrogens is 382 g/mol. The largest absolute Gasteiger partial charge is 0.494 e. The Hall–Kier alpha value is -2.30. The summed E-state index contributed by atoms with van der Waals surface area (Å²) >= 11 is 6.09. The van der Waals surface area contributed by atoms with Gasteiger partial charge in [0.15, 0.2) is 5.88 Å². The molecule has 1 fully saturated rings. The average Bonchev–Trinajstić information content (AvgIpc) is 3.05. The molecule has 2 aromatic carbocycles. The number of fused-ring (bicyclic) bond motifs is 1. The second-order valence-corrected chi connectivity index (χ2v) is 8.30. The van der Waals surface area contributed by atoms with Gasteiger partial charge in [-0.1, -0.05) is 30.2 Å². The molecule has 1 aromatic heterocycles. The number of halogens is 1. The zero-order chi connectivity index (χ0) is 20.1. The van der Waals surface area contributed by atoms with Crippen molar-refractivity contribution >= 4 is 34.4 Å². The molecule has 0 aliphatic carbocycles. The number of nitrogens with zero attached hydrogens (tertiary/aromatic N) is 2. The van der Waals surface area contributed by atoms with E-state index < -0.39 is 0 Å². The van der Waals surface area contributed by atoms with Gasteiger partial charge in [0.2, 0.25) is 0 Å². The van der Waals surface area contributed by atoms with Crippen LogP contribution >= 0.6 is 11.6 Å². The summed E-state index contributed by atoms with van der Waals surface area (Å²) in [4.78, 5) is 10.1. The van der Waals surface area contributed by atoms with E-state index in [0.717, 1.165) is 23.0 Å². The molecule has 0 bridgehead atoms. The molecule has 0 unspecified atom stereocenters. The number of aliphatic imine (C=N–C) groups is 1. The predicted molar refractivity (Wildman–Crippen MR) is 122 cm³/mol. The first-order valence-electron chi connectivity index (χ1n) is 10.5. The first kappa shape index (κ1) is 20.0. The third-order valence-corrected chi connectivity index (χ3v) is 5.93. The van der Waals surface area contributed by atoms with Gasteiger partial charge < -0.3 is 15.0 Å². The van der Waals surface area contributed by atoms with Crippen LogP contribution < -0.4 is 0 Å². The lowest BCUT2D eigenvalue weighted by molar-refractivity contribution is 0.225. The maximum Gasteiger partial charge on any atom is 0.198 e. The number of aromatic amines is 1. The van der Waals surface area contributed by atoms with E-state index in [-0.39, 0.29) is 5.88 Å². The fourth-order valence-electron chi connectivity index (χ4n) is 4.04. The van der Waals surface area contributed by atoms with Crippen molar-refractivity contribution in [2.45, 2.75) is 38.5 Å². The Labute approximate surface area is 177 Å². The van der Waals surface area contributed by atoms with Gasteiger partial charge in [0, 0.05) is 22.1 Å². The van der Waals surface area contributed by atoms with Gasteiger partial charge in [0.25, 0.3) is 0 Å². The van der Waals surface area contributed by atoms with E-state index in [0.29, 0.717) is 10.6 Å². The number of rotatable bonds is 7. The highest BCUT2D eigenvalue weighted by atomic mass is 35.5. The lowest BCUT2D eigenvalue weighted by atomic mass is 10.1. The van der Waals surface area contributed by atoms with Crippen LogP contribution in [0.5, 0.6) is 5.88 Å². The van der Waals surface area contributed by atoms with Crippen molar-refractivity contribution in [1.82, 2.24) is 9.88 Å². The van der Waals surface area contributed by atoms with Crippen LogP contribution in [-0.2, 0) is 6.42 Å². The molecule has 0 radical (unpaired) electrons. The topological polar surface area (TPSA) is 51.6 Å². The third-order valence-electron chi connectivity index (χ3n) is 5.70. The number of aromatic nitrogens is 1. The number of nitrogens with one attached hydrogen (secondary N) is 1. The van der Waals surface area contributed by atoms with Crippen LogP contribution in [0.1, 0.15) is 43.2 Å². The van der Waals surface area contributed by atoms with Gasteiger partial charge in [-0.15, -0.1) is 0 Å². The molecule has 1 aliphatic rings. The lowest BCUT2D eigenvalue weighted by Gasteiger charge is -2.26. The van der Waals surface area contributed by atoms with Crippen molar-refractivity contribution in [2.24, 2.45) is 4.99 Å². The number of unbranched alkanes of at least 4 members (excludes halogenated alkanes) is 1. The second kappa shape index (κ2) is 9.47. The number of hydrogen-bond acceptors (Lipinski definition) is 3. The molecule has 0 atom stereocenters. The molecule has 0 amide bonds. The van der Waals surface area contributed by atoms with Gasteiger partial charge in [-0.2, -0.15) is 0 Å². The van der Waals surface area contributed by atoms with Crippen LogP contribution in [0.4, 0.5) is 5.69 Å². The molecule has 2 heterocycles. The van der Waals surface area contributed by atoms with Crippen molar-refractivity contribution in [3.8, 4) is 5.88 Å². The van der Waals surface area contributed by atoms with Gasteiger partial charge in [0.1, 0.15) is 0 Å². The molecule has 0 saturated carbocycles. The van der Waals surface area contributed by atoms with E-state index in [1.165, 1.54) is 57.3 Å². The fourth-order valence-corrected chi connectivity index (χ4v) is 4.21. The zero-order valence-electron chi connectivity index (χ0n) is 16.7. The van der Waals surface area contributed by atoms with Gasteiger partial charge in [-0.3, -0.25) is 4.99 Å². The smallest absolute Gasteiger partial charge is 0.198 e. The van der Waals surface area contributed by atoms with Crippen LogP contribution in [0.2, 0.25) is 5.02 Å². The van der Waals surface area contributed by atoms with E-state index in [1.54, 1.807) is 12.3 Å². The lowest BCUT2D eigenvalue weighted by Crippen LogP contribution is -2.30. The summed E-state index contributed by atoms with van der Waals surface area (Å²) in [5, 5.41) is 11.7. The Kier molecular flexibility index (Phi) is 6.53. The summed E-state index contributed by atoms with van der Waals surface area (Å²) in [7, 11) is 0. The molecule has 5 heteroatoms. The van der Waals surface area contributed by atoms with Crippen LogP contribution in [-0.4, -0.2) is 40.8 Å². The van der Waals surface area contributed by atoms with Crippen molar-refractivity contribution in [3.63, 3.8) is 0 Å². The maximum atomic E-state index is 10.2. The summed E-state index contributed by atoms with van der Waals surface area (Å²) < 4.78 is 0. The molecule has 3 aromatic rings. The summed E-state index contributed by atoms with van der Waals surface area (Å²) in [5.41, 5.74) is 3.72. The van der Waals surface area contributed by atoms with E-state index in [2.05, 4.69) is 27.0 Å². The number of aryl methyl sites for hydroxylation is 1. The van der Waals surface area contributed by atoms with Gasteiger partial charge in [-0.05, 0) is 87.6 Å². The monoisotopic (exact) mass is 409 g/mol. The number of benzene rings is 2. The van der Waals surface area contributed by atoms with Crippen molar-refractivity contribution in [2.75, 3.05) is 19.6 Å². The van der Waals surface area contributed by atoms with Crippen molar-refractivity contribution in [3.05, 3.63) is 58.6 Å². The number of hydrogen-bond donors (Lipinski definition) is 2. The highest BCUT2D eigenvalue weighted by Gasteiger charge is 2.10. The summed E-state index contributed by atoms with van der Waals surface area (Å²) in [5.74, 6) is 0.108. The molecule has 152 valence electrons. The quantitative estimate of drug-likeness (QED) is 0.366. The first-order valence-corrected chi connectivity index (χ1v) is 10.9. The maximum absolute atomic E-state index is 10.2. The second-order valence-electron chi connectivity index (χ2n) is 7.86. The number of likely N-dealkylation sites (tertiary alicyclic amines) is 1. The molecule has 2 N–H and O–H groups in total. The molecule has 0 spiro atoms. The van der Waals surface area contributed by atoms with E-state index >= 15 is 0 Å². The van der Waals surface area contributed by atoms with Gasteiger partial charge in [-0.25, -0.2) is 0 Å². The summed E-state index contributed by atoms with van der Waals surface area (Å²) in [6.45, 7) is 3.80. The summed E-state index contributed by atoms with van der Waals surface area (Å²) in [6, 6.07) is 13.9. The number of H-pyrrole nitrogens is 1. The number of aromatic hydroxyl groups is 1. The Morgan fingerprint density at radius 3 is 2.62 bits per heavy atom. The normalized spacial score (nSPS) is 15.5. The minimum atomic E-state index is 0.108. The Bertz CT molecular complexity index is 972. The highest BCUT2D eigenvalue weighted by molar-refractivity contribution is 6.31. The highest BCUT2D eigenvalue weighted by Crippen LogP contribution is 2.28. The molecule has 4 nitrogen and oxygen atoms in total. The molecular formula is C24H28ClN3O. The minimum absolute atomic E-state index is 0.108. The van der Waals surface area contributed by atoms with Crippen LogP contribution in [0.25, 0.3) is 10.9 Å². The SMILES string of the molecule is Oc1[nH]c2ccc(Cl)cc2c1C=Nc1ccc(CCCCN2CCCCC2)cc1. The van der Waals surface area contributed by atoms with Gasteiger partial charge in [0.05, 0.1) is 11.3 Å². The fraction of sp³-hybridized carbons (Fsp3) is 0.375. The van der Waals surface area contributed by atoms with Crippen LogP contribution in [0.3, 0.4) is 0 Å². The van der Waals surface area contributed by atoms with Gasteiger partial charge >= 0.3 is 0 Å². The predicted octanol–water partition coefficient (Wildman–Crippen LogP) is 6.09. The molecule has 1 aliphatic heterocycles. The van der Waals surface area contributed by atoms with E-state index in [9.17, 15) is 5.11 Å². The first-order chi connectivity index (χ1) is 14.2. The Balaban J connectivity index is 1.32. The van der Waals surface area contributed by atoms with Crippen molar-refractivity contribution in [1.29, 1.82) is 0 Å². The standard InChI is InChI=1S/C24H28ClN3O/c25-19-9-12-23-21(16-19)22(24(29)27-23)17-26-20-10-7-18(8-11-20)6-2-5-15-28-13-3-1-4-14-28/h7-12,16-17,27,29H,1-6,13-15H2. The minimum Gasteiger partial charge on any atom is -0.494 e. The van der Waals surface area contributed by atoms with Crippen molar-refractivity contribution < 1.29 is 5.11 Å². The molecule has 4 rings (SSSR count). The van der Waals surface area contributed by atoms with E-state index in [1.807, 2.05) is 24.3 Å². The Morgan fingerprint density at radius 2 is 1.83 bits per heavy atom. The Morgan fingerprint density at radius 1 is 1.03 bits per heavy atom.